The molecule has 0 unspecified atom stereocenters. The first kappa shape index (κ1) is 16.1. The lowest BCUT2D eigenvalue weighted by Crippen LogP contribution is -2.27. The van der Waals surface area contributed by atoms with Crippen LogP contribution in [0.5, 0.6) is 0 Å². The minimum Gasteiger partial charge on any atom is -0.382 e. The number of benzene rings is 1. The molecule has 0 radical (unpaired) electrons. The highest BCUT2D eigenvalue weighted by Crippen LogP contribution is 2.16. The molecule has 0 aliphatic rings. The number of amides is 1. The van der Waals surface area contributed by atoms with E-state index in [0.29, 0.717) is 25.4 Å². The summed E-state index contributed by atoms with van der Waals surface area (Å²) in [5.41, 5.74) is 2.26. The van der Waals surface area contributed by atoms with Crippen molar-refractivity contribution < 1.29 is 9.53 Å². The Morgan fingerprint density at radius 2 is 2.00 bits per heavy atom. The molecule has 1 amide bonds. The molecular weight excluding hydrogens is 306 g/mol. The maximum Gasteiger partial charge on any atom is 0.291 e. The van der Waals surface area contributed by atoms with Gasteiger partial charge in [-0.1, -0.05) is 30.3 Å². The molecule has 0 atom stereocenters. The summed E-state index contributed by atoms with van der Waals surface area (Å²) in [5.74, 6) is -0.115. The highest BCUT2D eigenvalue weighted by atomic mass is 16.5. The molecule has 0 aliphatic carbocycles. The van der Waals surface area contributed by atoms with Gasteiger partial charge in [0, 0.05) is 25.3 Å². The van der Waals surface area contributed by atoms with Crippen molar-refractivity contribution in [2.24, 2.45) is 0 Å². The number of nitrogens with zero attached hydrogens (tertiary/aromatic N) is 4. The van der Waals surface area contributed by atoms with Gasteiger partial charge in [0.2, 0.25) is 5.82 Å². The monoisotopic (exact) mass is 325 g/mol. The largest absolute Gasteiger partial charge is 0.382 e. The number of aromatic nitrogens is 4. The van der Waals surface area contributed by atoms with E-state index in [1.54, 1.807) is 6.07 Å². The van der Waals surface area contributed by atoms with Crippen molar-refractivity contribution in [2.75, 3.05) is 19.8 Å². The summed E-state index contributed by atoms with van der Waals surface area (Å²) in [6, 6.07) is 13.4. The molecule has 0 spiro atoms. The minimum absolute atomic E-state index is 0.180. The van der Waals surface area contributed by atoms with Crippen molar-refractivity contribution in [3.8, 4) is 11.3 Å². The maximum absolute atomic E-state index is 12.3. The number of nitrogens with one attached hydrogen (secondary N) is 1. The molecule has 2 aromatic heterocycles. The van der Waals surface area contributed by atoms with E-state index in [-0.39, 0.29) is 11.7 Å². The smallest absolute Gasteiger partial charge is 0.291 e. The van der Waals surface area contributed by atoms with Crippen LogP contribution < -0.4 is 5.32 Å². The fraction of sp³-hybridized carbons (Fsp3) is 0.294. The second-order valence-corrected chi connectivity index (χ2v) is 5.18. The van der Waals surface area contributed by atoms with Crippen molar-refractivity contribution in [1.29, 1.82) is 0 Å². The van der Waals surface area contributed by atoms with Crippen LogP contribution in [0.4, 0.5) is 0 Å². The van der Waals surface area contributed by atoms with Gasteiger partial charge in [0.1, 0.15) is 0 Å². The van der Waals surface area contributed by atoms with Gasteiger partial charge in [0.05, 0.1) is 5.69 Å². The van der Waals surface area contributed by atoms with Crippen LogP contribution in [-0.4, -0.2) is 45.5 Å². The van der Waals surface area contributed by atoms with E-state index >= 15 is 0 Å². The molecule has 2 heterocycles. The summed E-state index contributed by atoms with van der Waals surface area (Å²) in [6.07, 6.45) is 0.749. The first-order chi connectivity index (χ1) is 11.8. The van der Waals surface area contributed by atoms with E-state index in [4.69, 9.17) is 4.74 Å². The van der Waals surface area contributed by atoms with Crippen molar-refractivity contribution in [3.63, 3.8) is 0 Å². The Kier molecular flexibility index (Phi) is 5.12. The third-order valence-electron chi connectivity index (χ3n) is 3.49. The number of carbonyl (C=O) groups is 1. The van der Waals surface area contributed by atoms with Crippen LogP contribution in [0.15, 0.2) is 42.5 Å². The van der Waals surface area contributed by atoms with Crippen LogP contribution >= 0.6 is 0 Å². The predicted octanol–water partition coefficient (Wildman–Crippen LogP) is 1.95. The second kappa shape index (κ2) is 7.65. The number of fused-ring (bicyclic) bond motifs is 1. The number of hydrogen-bond donors (Lipinski definition) is 1. The molecule has 0 aliphatic heterocycles. The molecule has 0 saturated heterocycles. The number of rotatable bonds is 7. The van der Waals surface area contributed by atoms with E-state index in [2.05, 4.69) is 20.6 Å². The average molecular weight is 325 g/mol. The van der Waals surface area contributed by atoms with E-state index in [1.807, 2.05) is 43.3 Å². The van der Waals surface area contributed by atoms with Crippen molar-refractivity contribution in [2.45, 2.75) is 13.3 Å². The third kappa shape index (κ3) is 3.57. The van der Waals surface area contributed by atoms with Gasteiger partial charge in [-0.15, -0.1) is 10.2 Å². The zero-order valence-corrected chi connectivity index (χ0v) is 13.5. The Bertz CT molecular complexity index is 816. The van der Waals surface area contributed by atoms with Gasteiger partial charge in [-0.05, 0) is 25.5 Å². The van der Waals surface area contributed by atoms with E-state index in [0.717, 1.165) is 17.7 Å². The Morgan fingerprint density at radius 3 is 2.79 bits per heavy atom. The lowest BCUT2D eigenvalue weighted by Gasteiger charge is -2.05. The lowest BCUT2D eigenvalue weighted by atomic mass is 10.1. The van der Waals surface area contributed by atoms with Crippen LogP contribution in [0.3, 0.4) is 0 Å². The normalized spacial score (nSPS) is 10.9. The zero-order chi connectivity index (χ0) is 16.8. The standard InChI is InChI=1S/C17H19N5O2/c1-2-24-12-6-11-18-17(23)16-20-19-15-10-9-14(21-22(15)16)13-7-4-3-5-8-13/h3-5,7-10H,2,6,11-12H2,1H3,(H,18,23). The van der Waals surface area contributed by atoms with Crippen molar-refractivity contribution in [3.05, 3.63) is 48.3 Å². The summed E-state index contributed by atoms with van der Waals surface area (Å²) in [6.45, 7) is 3.76. The molecule has 7 nitrogen and oxygen atoms in total. The van der Waals surface area contributed by atoms with Crippen LogP contribution in [-0.2, 0) is 4.74 Å². The first-order valence-corrected chi connectivity index (χ1v) is 7.93. The lowest BCUT2D eigenvalue weighted by molar-refractivity contribution is 0.0931. The molecule has 0 fully saturated rings. The quantitative estimate of drug-likeness (QED) is 0.672. The van der Waals surface area contributed by atoms with E-state index in [9.17, 15) is 4.79 Å². The number of carbonyl (C=O) groups excluding carboxylic acids is 1. The van der Waals surface area contributed by atoms with Gasteiger partial charge in [0.25, 0.3) is 5.91 Å². The van der Waals surface area contributed by atoms with E-state index in [1.165, 1.54) is 4.52 Å². The van der Waals surface area contributed by atoms with Gasteiger partial charge in [0.15, 0.2) is 5.65 Å². The van der Waals surface area contributed by atoms with Crippen LogP contribution in [0, 0.1) is 0 Å². The number of hydrogen-bond acceptors (Lipinski definition) is 5. The third-order valence-corrected chi connectivity index (χ3v) is 3.49. The molecule has 24 heavy (non-hydrogen) atoms. The molecule has 7 heteroatoms. The zero-order valence-electron chi connectivity index (χ0n) is 13.5. The Hall–Kier alpha value is -2.80. The highest BCUT2D eigenvalue weighted by Gasteiger charge is 2.15. The SMILES string of the molecule is CCOCCCNC(=O)c1nnc2ccc(-c3ccccc3)nn12. The van der Waals surface area contributed by atoms with Crippen LogP contribution in [0.25, 0.3) is 16.9 Å². The number of ether oxygens (including phenoxy) is 1. The van der Waals surface area contributed by atoms with Crippen molar-refractivity contribution >= 4 is 11.6 Å². The molecule has 1 N–H and O–H groups in total. The first-order valence-electron chi connectivity index (χ1n) is 7.93. The summed E-state index contributed by atoms with van der Waals surface area (Å²) in [5, 5.41) is 15.3. The fourth-order valence-electron chi connectivity index (χ4n) is 2.29. The second-order valence-electron chi connectivity index (χ2n) is 5.18. The van der Waals surface area contributed by atoms with Gasteiger partial charge >= 0.3 is 0 Å². The Labute approximate surface area is 139 Å². The predicted molar refractivity (Wildman–Crippen MR) is 89.7 cm³/mol. The van der Waals surface area contributed by atoms with Gasteiger partial charge in [-0.25, -0.2) is 0 Å². The molecular formula is C17H19N5O2. The summed E-state index contributed by atoms with van der Waals surface area (Å²) < 4.78 is 6.72. The summed E-state index contributed by atoms with van der Waals surface area (Å²) >= 11 is 0. The molecule has 124 valence electrons. The highest BCUT2D eigenvalue weighted by molar-refractivity contribution is 5.91. The van der Waals surface area contributed by atoms with Crippen molar-refractivity contribution in [1.82, 2.24) is 25.1 Å². The summed E-state index contributed by atoms with van der Waals surface area (Å²) in [4.78, 5) is 12.3. The Balaban J connectivity index is 1.77. The van der Waals surface area contributed by atoms with Crippen LogP contribution in [0.1, 0.15) is 24.0 Å². The van der Waals surface area contributed by atoms with Gasteiger partial charge in [-0.2, -0.15) is 9.61 Å². The molecule has 1 aromatic carbocycles. The minimum atomic E-state index is -0.295. The van der Waals surface area contributed by atoms with Gasteiger partial charge in [-0.3, -0.25) is 4.79 Å². The maximum atomic E-state index is 12.3. The fourth-order valence-corrected chi connectivity index (χ4v) is 2.29. The molecule has 0 bridgehead atoms. The van der Waals surface area contributed by atoms with Crippen LogP contribution in [0.2, 0.25) is 0 Å². The Morgan fingerprint density at radius 1 is 1.17 bits per heavy atom. The van der Waals surface area contributed by atoms with E-state index < -0.39 is 0 Å². The van der Waals surface area contributed by atoms with Gasteiger partial charge < -0.3 is 10.1 Å². The molecule has 3 aromatic rings. The molecule has 0 saturated carbocycles. The topological polar surface area (TPSA) is 81.4 Å². The molecule has 3 rings (SSSR count). The summed E-state index contributed by atoms with van der Waals surface area (Å²) in [7, 11) is 0. The average Bonchev–Trinajstić information content (AvgIpc) is 3.05.